The van der Waals surface area contributed by atoms with Crippen molar-refractivity contribution in [2.24, 2.45) is 0 Å². The van der Waals surface area contributed by atoms with Crippen molar-refractivity contribution >= 4 is 40.4 Å². The Hall–Kier alpha value is -2.71. The summed E-state index contributed by atoms with van der Waals surface area (Å²) in [5.74, 6) is -1.32. The average Bonchev–Trinajstić information content (AvgIpc) is 3.35. The van der Waals surface area contributed by atoms with Gasteiger partial charge in [-0.05, 0) is 54.0 Å². The van der Waals surface area contributed by atoms with Gasteiger partial charge in [-0.3, -0.25) is 14.4 Å². The number of carbonyl (C=O) groups is 3. The Balaban J connectivity index is 1.34. The highest BCUT2D eigenvalue weighted by molar-refractivity contribution is 7.10. The molecule has 0 saturated carbocycles. The maximum atomic E-state index is 12.2. The van der Waals surface area contributed by atoms with Crippen LogP contribution >= 0.6 is 11.3 Å². The van der Waals surface area contributed by atoms with E-state index in [1.807, 2.05) is 34.5 Å². The summed E-state index contributed by atoms with van der Waals surface area (Å²) in [6.07, 6.45) is 1.56. The molecule has 8 heteroatoms. The Morgan fingerprint density at radius 3 is 2.71 bits per heavy atom. The molecule has 3 N–H and O–H groups in total. The second-order valence-electron chi connectivity index (χ2n) is 6.97. The molecule has 0 bridgehead atoms. The number of aliphatic hydroxyl groups is 1. The topological polar surface area (TPSA) is 98.7 Å². The van der Waals surface area contributed by atoms with Crippen molar-refractivity contribution in [3.63, 3.8) is 0 Å². The molecule has 1 atom stereocenters. The third-order valence-corrected chi connectivity index (χ3v) is 6.06. The van der Waals surface area contributed by atoms with Crippen molar-refractivity contribution in [2.75, 3.05) is 23.3 Å². The lowest BCUT2D eigenvalue weighted by atomic mass is 9.98. The van der Waals surface area contributed by atoms with Crippen molar-refractivity contribution in [3.8, 4) is 0 Å². The third kappa shape index (κ3) is 3.65. The quantitative estimate of drug-likeness (QED) is 0.667. The normalized spacial score (nSPS) is 15.9. The Bertz CT molecular complexity index is 926. The summed E-state index contributed by atoms with van der Waals surface area (Å²) in [5.41, 5.74) is 3.61. The van der Waals surface area contributed by atoms with Crippen LogP contribution in [0, 0.1) is 0 Å². The zero-order chi connectivity index (χ0) is 19.7. The first-order valence-electron chi connectivity index (χ1n) is 9.30. The molecule has 0 saturated heterocycles. The lowest BCUT2D eigenvalue weighted by molar-refractivity contribution is -0.136. The van der Waals surface area contributed by atoms with Gasteiger partial charge in [-0.15, -0.1) is 11.3 Å². The van der Waals surface area contributed by atoms with E-state index < -0.39 is 17.9 Å². The predicted octanol–water partition coefficient (Wildman–Crippen LogP) is 1.76. The maximum Gasteiger partial charge on any atom is 0.313 e. The zero-order valence-electron chi connectivity index (χ0n) is 15.2. The SMILES string of the molecule is O=C(NCCC(O)c1cccs1)C(=O)Nc1cc2c3c(c1)CCN3C(=O)CC2. The zero-order valence-corrected chi connectivity index (χ0v) is 16.1. The van der Waals surface area contributed by atoms with E-state index in [9.17, 15) is 19.5 Å². The van der Waals surface area contributed by atoms with Crippen LogP contribution in [-0.4, -0.2) is 35.9 Å². The fourth-order valence-electron chi connectivity index (χ4n) is 3.74. The number of anilines is 2. The van der Waals surface area contributed by atoms with E-state index in [2.05, 4.69) is 10.6 Å². The van der Waals surface area contributed by atoms with Crippen LogP contribution in [-0.2, 0) is 27.2 Å². The van der Waals surface area contributed by atoms with Gasteiger partial charge in [0, 0.05) is 30.1 Å². The van der Waals surface area contributed by atoms with E-state index in [0.29, 0.717) is 31.5 Å². The summed E-state index contributed by atoms with van der Waals surface area (Å²) in [4.78, 5) is 38.9. The van der Waals surface area contributed by atoms with Gasteiger partial charge in [0.1, 0.15) is 0 Å². The highest BCUT2D eigenvalue weighted by atomic mass is 32.1. The van der Waals surface area contributed by atoms with Gasteiger partial charge in [-0.1, -0.05) is 6.07 Å². The van der Waals surface area contributed by atoms with Crippen LogP contribution in [0.15, 0.2) is 29.6 Å². The van der Waals surface area contributed by atoms with Gasteiger partial charge in [0.15, 0.2) is 0 Å². The Kier molecular flexibility index (Phi) is 5.15. The Morgan fingerprint density at radius 1 is 1.18 bits per heavy atom. The van der Waals surface area contributed by atoms with Crippen LogP contribution in [0.4, 0.5) is 11.4 Å². The molecule has 0 radical (unpaired) electrons. The van der Waals surface area contributed by atoms with Crippen molar-refractivity contribution in [3.05, 3.63) is 45.6 Å². The van der Waals surface area contributed by atoms with Crippen molar-refractivity contribution in [1.82, 2.24) is 5.32 Å². The van der Waals surface area contributed by atoms with Gasteiger partial charge in [-0.25, -0.2) is 0 Å². The maximum absolute atomic E-state index is 12.2. The third-order valence-electron chi connectivity index (χ3n) is 5.09. The summed E-state index contributed by atoms with van der Waals surface area (Å²) in [6.45, 7) is 0.878. The molecule has 28 heavy (non-hydrogen) atoms. The number of thiophene rings is 1. The first-order chi connectivity index (χ1) is 13.5. The van der Waals surface area contributed by atoms with Crippen LogP contribution in [0.1, 0.15) is 34.9 Å². The largest absolute Gasteiger partial charge is 0.388 e. The molecule has 2 aliphatic heterocycles. The van der Waals surface area contributed by atoms with E-state index in [-0.39, 0.29) is 12.5 Å². The van der Waals surface area contributed by atoms with Gasteiger partial charge in [0.2, 0.25) is 5.91 Å². The summed E-state index contributed by atoms with van der Waals surface area (Å²) < 4.78 is 0. The van der Waals surface area contributed by atoms with E-state index >= 15 is 0 Å². The van der Waals surface area contributed by atoms with Gasteiger partial charge >= 0.3 is 11.8 Å². The summed E-state index contributed by atoms with van der Waals surface area (Å²) >= 11 is 1.45. The monoisotopic (exact) mass is 399 g/mol. The Morgan fingerprint density at radius 2 is 1.96 bits per heavy atom. The standard InChI is InChI=1S/C20H21N3O4S/c24-15(16-2-1-9-28-16)5-7-21-19(26)20(27)22-14-10-12-3-4-17(25)23-8-6-13(11-14)18(12)23/h1-2,9-11,15,24H,3-8H2,(H,21,26)(H,22,27). The molecule has 1 unspecified atom stereocenters. The second-order valence-corrected chi connectivity index (χ2v) is 7.95. The van der Waals surface area contributed by atoms with E-state index in [4.69, 9.17) is 0 Å². The molecule has 2 aliphatic rings. The number of carbonyl (C=O) groups excluding carboxylic acids is 3. The van der Waals surface area contributed by atoms with Gasteiger partial charge in [-0.2, -0.15) is 0 Å². The first-order valence-corrected chi connectivity index (χ1v) is 10.2. The summed E-state index contributed by atoms with van der Waals surface area (Å²) in [5, 5.41) is 17.1. The molecular weight excluding hydrogens is 378 g/mol. The molecule has 0 fully saturated rings. The molecule has 2 aromatic rings. The smallest absolute Gasteiger partial charge is 0.313 e. The molecule has 1 aromatic carbocycles. The summed E-state index contributed by atoms with van der Waals surface area (Å²) in [7, 11) is 0. The highest BCUT2D eigenvalue weighted by Gasteiger charge is 2.31. The fourth-order valence-corrected chi connectivity index (χ4v) is 4.49. The van der Waals surface area contributed by atoms with Crippen LogP contribution in [0.3, 0.4) is 0 Å². The average molecular weight is 399 g/mol. The minimum atomic E-state index is -0.737. The van der Waals surface area contributed by atoms with Gasteiger partial charge in [0.25, 0.3) is 0 Å². The van der Waals surface area contributed by atoms with Crippen LogP contribution in [0.5, 0.6) is 0 Å². The van der Waals surface area contributed by atoms with Gasteiger partial charge in [0.05, 0.1) is 11.8 Å². The second kappa shape index (κ2) is 7.73. The number of nitrogens with zero attached hydrogens (tertiary/aromatic N) is 1. The molecule has 7 nitrogen and oxygen atoms in total. The molecule has 0 spiro atoms. The number of nitrogens with one attached hydrogen (secondary N) is 2. The van der Waals surface area contributed by atoms with Crippen molar-refractivity contribution in [1.29, 1.82) is 0 Å². The molecular formula is C20H21N3O4S. The molecule has 1 aromatic heterocycles. The molecule has 3 heterocycles. The minimum Gasteiger partial charge on any atom is -0.388 e. The van der Waals surface area contributed by atoms with E-state index in [1.54, 1.807) is 0 Å². The molecule has 146 valence electrons. The lowest BCUT2D eigenvalue weighted by Gasteiger charge is -2.25. The number of amides is 3. The Labute approximate surface area is 166 Å². The van der Waals surface area contributed by atoms with E-state index in [0.717, 1.165) is 28.1 Å². The number of aryl methyl sites for hydroxylation is 1. The summed E-state index contributed by atoms with van der Waals surface area (Å²) in [6, 6.07) is 7.37. The number of rotatable bonds is 5. The molecule has 4 rings (SSSR count). The van der Waals surface area contributed by atoms with Gasteiger partial charge < -0.3 is 20.6 Å². The predicted molar refractivity (Wildman–Crippen MR) is 106 cm³/mol. The van der Waals surface area contributed by atoms with Crippen LogP contribution in [0.2, 0.25) is 0 Å². The highest BCUT2D eigenvalue weighted by Crippen LogP contribution is 2.38. The van der Waals surface area contributed by atoms with Crippen LogP contribution in [0.25, 0.3) is 0 Å². The number of aliphatic hydroxyl groups excluding tert-OH is 1. The fraction of sp³-hybridized carbons (Fsp3) is 0.350. The minimum absolute atomic E-state index is 0.146. The van der Waals surface area contributed by atoms with Crippen LogP contribution < -0.4 is 15.5 Å². The molecule has 0 aliphatic carbocycles. The van der Waals surface area contributed by atoms with Crippen molar-refractivity contribution < 1.29 is 19.5 Å². The molecule has 3 amide bonds. The number of hydrogen-bond donors (Lipinski definition) is 3. The lowest BCUT2D eigenvalue weighted by Crippen LogP contribution is -2.36. The first kappa shape index (κ1) is 18.6. The number of benzene rings is 1. The van der Waals surface area contributed by atoms with Crippen molar-refractivity contribution in [2.45, 2.75) is 31.8 Å². The van der Waals surface area contributed by atoms with E-state index in [1.165, 1.54) is 11.3 Å². The number of hydrogen-bond acceptors (Lipinski definition) is 5.